The maximum Gasteiger partial charge on any atom is 0.306 e. The Bertz CT molecular complexity index is 201. The average Bonchev–Trinajstić information content (AvgIpc) is 2.39. The number of carbonyl (C=O) groups is 1. The maximum atomic E-state index is 11.0. The second kappa shape index (κ2) is 13.9. The molecule has 0 unspecified atom stereocenters. The molecule has 1 N–H and O–H groups in total. The molecule has 0 saturated carbocycles. The van der Waals surface area contributed by atoms with Crippen LogP contribution in [0.3, 0.4) is 0 Å². The van der Waals surface area contributed by atoms with Gasteiger partial charge in [-0.25, -0.2) is 0 Å². The molecule has 0 aliphatic carbocycles. The number of unbranched alkanes of at least 4 members (excludes halogenated alkanes) is 9. The number of carboxylic acid groups (broad SMARTS) is 1. The van der Waals surface area contributed by atoms with Crippen molar-refractivity contribution >= 4 is 5.97 Å². The molecule has 0 fully saturated rings. The number of aliphatic carboxylic acids is 1. The van der Waals surface area contributed by atoms with E-state index < -0.39 is 5.97 Å². The second-order valence-electron chi connectivity index (χ2n) is 5.79. The van der Waals surface area contributed by atoms with E-state index in [0.717, 1.165) is 25.7 Å². The summed E-state index contributed by atoms with van der Waals surface area (Å²) in [4.78, 5) is 11.0. The van der Waals surface area contributed by atoms with Gasteiger partial charge < -0.3 is 5.11 Å². The first-order chi connectivity index (χ1) is 9.22. The lowest BCUT2D eigenvalue weighted by Crippen LogP contribution is -2.13. The third-order valence-electron chi connectivity index (χ3n) is 3.89. The first kappa shape index (κ1) is 18.5. The summed E-state index contributed by atoms with van der Waals surface area (Å²) in [5.74, 6) is -0.697. The monoisotopic (exact) mass is 270 g/mol. The number of hydrogen-bond acceptors (Lipinski definition) is 1. The van der Waals surface area contributed by atoms with Crippen molar-refractivity contribution in [1.29, 1.82) is 0 Å². The zero-order valence-corrected chi connectivity index (χ0v) is 13.1. The molecule has 0 amide bonds. The molecule has 0 aliphatic heterocycles. The normalized spacial score (nSPS) is 12.5. The predicted molar refractivity (Wildman–Crippen MR) is 82.5 cm³/mol. The van der Waals surface area contributed by atoms with Gasteiger partial charge in [0.2, 0.25) is 0 Å². The summed E-state index contributed by atoms with van der Waals surface area (Å²) in [7, 11) is 0. The van der Waals surface area contributed by atoms with E-state index in [1.165, 1.54) is 57.8 Å². The van der Waals surface area contributed by atoms with Gasteiger partial charge in [-0.2, -0.15) is 0 Å². The lowest BCUT2D eigenvalue weighted by Gasteiger charge is -2.10. The van der Waals surface area contributed by atoms with E-state index in [-0.39, 0.29) is 5.92 Å². The van der Waals surface area contributed by atoms with Crippen LogP contribution in [0, 0.1) is 5.92 Å². The van der Waals surface area contributed by atoms with Gasteiger partial charge in [-0.3, -0.25) is 4.79 Å². The van der Waals surface area contributed by atoms with Crippen molar-refractivity contribution in [3.8, 4) is 0 Å². The molecule has 0 heterocycles. The fraction of sp³-hybridized carbons (Fsp3) is 0.941. The summed E-state index contributed by atoms with van der Waals surface area (Å²) in [6, 6.07) is 0. The van der Waals surface area contributed by atoms with Gasteiger partial charge in [0.05, 0.1) is 5.92 Å². The summed E-state index contributed by atoms with van der Waals surface area (Å²) >= 11 is 0. The van der Waals surface area contributed by atoms with Crippen LogP contribution in [0.2, 0.25) is 0 Å². The number of hydrogen-bond donors (Lipinski definition) is 1. The van der Waals surface area contributed by atoms with Crippen LogP contribution < -0.4 is 0 Å². The van der Waals surface area contributed by atoms with Crippen LogP contribution in [0.1, 0.15) is 97.3 Å². The highest BCUT2D eigenvalue weighted by atomic mass is 16.4. The van der Waals surface area contributed by atoms with Gasteiger partial charge in [0.15, 0.2) is 0 Å². The summed E-state index contributed by atoms with van der Waals surface area (Å²) in [6.07, 6.45) is 15.9. The van der Waals surface area contributed by atoms with Crippen LogP contribution in [0.4, 0.5) is 0 Å². The van der Waals surface area contributed by atoms with Gasteiger partial charge in [0.1, 0.15) is 0 Å². The van der Waals surface area contributed by atoms with Crippen molar-refractivity contribution in [2.45, 2.75) is 97.3 Å². The zero-order valence-electron chi connectivity index (χ0n) is 13.1. The Balaban J connectivity index is 3.27. The van der Waals surface area contributed by atoms with Crippen LogP contribution in [0.5, 0.6) is 0 Å². The molecule has 0 aromatic carbocycles. The average molecular weight is 270 g/mol. The van der Waals surface area contributed by atoms with Gasteiger partial charge in [-0.05, 0) is 12.8 Å². The van der Waals surface area contributed by atoms with Gasteiger partial charge in [-0.1, -0.05) is 84.5 Å². The first-order valence-corrected chi connectivity index (χ1v) is 8.45. The largest absolute Gasteiger partial charge is 0.481 e. The van der Waals surface area contributed by atoms with Crippen LogP contribution in [-0.4, -0.2) is 11.1 Å². The highest BCUT2D eigenvalue weighted by molar-refractivity contribution is 5.69. The lowest BCUT2D eigenvalue weighted by atomic mass is 9.96. The van der Waals surface area contributed by atoms with E-state index in [2.05, 4.69) is 13.8 Å². The molecular weight excluding hydrogens is 236 g/mol. The van der Waals surface area contributed by atoms with Crippen molar-refractivity contribution in [2.24, 2.45) is 5.92 Å². The van der Waals surface area contributed by atoms with Crippen molar-refractivity contribution in [3.63, 3.8) is 0 Å². The van der Waals surface area contributed by atoms with Crippen molar-refractivity contribution in [2.75, 3.05) is 0 Å². The van der Waals surface area contributed by atoms with Gasteiger partial charge in [0.25, 0.3) is 0 Å². The van der Waals surface area contributed by atoms with E-state index >= 15 is 0 Å². The second-order valence-corrected chi connectivity index (χ2v) is 5.79. The first-order valence-electron chi connectivity index (χ1n) is 8.45. The third-order valence-corrected chi connectivity index (χ3v) is 3.89. The topological polar surface area (TPSA) is 37.3 Å². The van der Waals surface area contributed by atoms with Crippen molar-refractivity contribution < 1.29 is 9.90 Å². The zero-order chi connectivity index (χ0) is 14.3. The van der Waals surface area contributed by atoms with E-state index in [0.29, 0.717) is 0 Å². The Morgan fingerprint density at radius 3 is 1.63 bits per heavy atom. The fourth-order valence-corrected chi connectivity index (χ4v) is 2.62. The number of rotatable bonds is 14. The fourth-order valence-electron chi connectivity index (χ4n) is 2.62. The standard InChI is InChI=1S/C17H34O2/c1-3-5-6-7-8-9-10-11-12-13-15-16(14-4-2)17(18)19/h16H,3-15H2,1-2H3,(H,18,19)/t16-/m0/s1. The molecule has 0 rings (SSSR count). The molecule has 2 heteroatoms. The maximum absolute atomic E-state index is 11.0. The summed E-state index contributed by atoms with van der Waals surface area (Å²) in [6.45, 7) is 4.32. The Labute approximate surface area is 120 Å². The Morgan fingerprint density at radius 1 is 0.737 bits per heavy atom. The molecule has 0 aromatic heterocycles. The minimum Gasteiger partial charge on any atom is -0.481 e. The molecule has 19 heavy (non-hydrogen) atoms. The smallest absolute Gasteiger partial charge is 0.306 e. The minimum absolute atomic E-state index is 0.0981. The van der Waals surface area contributed by atoms with Crippen molar-refractivity contribution in [3.05, 3.63) is 0 Å². The molecule has 0 radical (unpaired) electrons. The van der Waals surface area contributed by atoms with Crippen LogP contribution in [-0.2, 0) is 4.79 Å². The Kier molecular flexibility index (Phi) is 13.5. The van der Waals surface area contributed by atoms with Crippen LogP contribution in [0.25, 0.3) is 0 Å². The van der Waals surface area contributed by atoms with E-state index in [1.54, 1.807) is 0 Å². The quantitative estimate of drug-likeness (QED) is 0.405. The van der Waals surface area contributed by atoms with Crippen molar-refractivity contribution in [1.82, 2.24) is 0 Å². The summed E-state index contributed by atoms with van der Waals surface area (Å²) < 4.78 is 0. The molecular formula is C17H34O2. The number of carboxylic acids is 1. The molecule has 0 aromatic rings. The van der Waals surface area contributed by atoms with Crippen LogP contribution in [0.15, 0.2) is 0 Å². The lowest BCUT2D eigenvalue weighted by molar-refractivity contribution is -0.142. The SMILES string of the molecule is CCCCCCCCCCCC[C@H](CCC)C(=O)O. The Hall–Kier alpha value is -0.530. The van der Waals surface area contributed by atoms with E-state index in [1.807, 2.05) is 0 Å². The molecule has 0 aliphatic rings. The predicted octanol–water partition coefficient (Wildman–Crippen LogP) is 5.80. The molecule has 114 valence electrons. The minimum atomic E-state index is -0.599. The highest BCUT2D eigenvalue weighted by Gasteiger charge is 2.15. The highest BCUT2D eigenvalue weighted by Crippen LogP contribution is 2.17. The molecule has 0 spiro atoms. The molecule has 2 nitrogen and oxygen atoms in total. The summed E-state index contributed by atoms with van der Waals surface area (Å²) in [5, 5.41) is 9.05. The van der Waals surface area contributed by atoms with Gasteiger partial charge >= 0.3 is 5.97 Å². The molecule has 1 atom stereocenters. The van der Waals surface area contributed by atoms with Crippen LogP contribution >= 0.6 is 0 Å². The molecule has 0 saturated heterocycles. The van der Waals surface area contributed by atoms with E-state index in [4.69, 9.17) is 5.11 Å². The third kappa shape index (κ3) is 12.3. The van der Waals surface area contributed by atoms with Gasteiger partial charge in [0, 0.05) is 0 Å². The Morgan fingerprint density at radius 2 is 1.21 bits per heavy atom. The summed E-state index contributed by atoms with van der Waals surface area (Å²) in [5.41, 5.74) is 0. The van der Waals surface area contributed by atoms with Gasteiger partial charge in [-0.15, -0.1) is 0 Å². The molecule has 0 bridgehead atoms. The van der Waals surface area contributed by atoms with E-state index in [9.17, 15) is 4.79 Å².